The number of methoxy groups -OCH3 is 2. The van der Waals surface area contributed by atoms with Crippen LogP contribution in [0.5, 0.6) is 0 Å². The second-order valence-corrected chi connectivity index (χ2v) is 13.6. The van der Waals surface area contributed by atoms with Gasteiger partial charge in [-0.1, -0.05) is 0 Å². The molecular formula is C14H26O4Sn. The zero-order chi connectivity index (χ0) is 14.7. The van der Waals surface area contributed by atoms with E-state index in [2.05, 4.69) is 18.6 Å². The van der Waals surface area contributed by atoms with Gasteiger partial charge in [-0.2, -0.15) is 0 Å². The van der Waals surface area contributed by atoms with E-state index in [1.54, 1.807) is 0 Å². The summed E-state index contributed by atoms with van der Waals surface area (Å²) < 4.78 is 12.3. The second-order valence-electron chi connectivity index (χ2n) is 4.60. The Bertz CT molecular complexity index is 305. The third-order valence-corrected chi connectivity index (χ3v) is 13.1. The summed E-state index contributed by atoms with van der Waals surface area (Å²) in [6, 6.07) is 0. The van der Waals surface area contributed by atoms with Crippen LogP contribution in [-0.2, 0) is 19.1 Å². The van der Waals surface area contributed by atoms with Gasteiger partial charge in [-0.15, -0.1) is 0 Å². The van der Waals surface area contributed by atoms with Crippen molar-refractivity contribution in [2.45, 2.75) is 48.4 Å². The quantitative estimate of drug-likeness (QED) is 0.352. The van der Waals surface area contributed by atoms with Gasteiger partial charge >= 0.3 is 123 Å². The van der Waals surface area contributed by atoms with Crippen LogP contribution in [0.2, 0.25) is 8.87 Å². The summed E-state index contributed by atoms with van der Waals surface area (Å²) in [7, 11) is 2.70. The monoisotopic (exact) mass is 378 g/mol. The SMILES string of the molecule is CCC[CH2][SnH]([CH2]CCC)/[C](=C/C(=O)OC)C(=O)OC. The molecule has 0 aromatic carbocycles. The summed E-state index contributed by atoms with van der Waals surface area (Å²) in [5.74, 6) is -0.784. The normalized spacial score (nSPS) is 11.5. The number of hydrogen-bond donors (Lipinski definition) is 0. The van der Waals surface area contributed by atoms with Crippen molar-refractivity contribution in [3.05, 3.63) is 9.67 Å². The molecule has 0 atom stereocenters. The molecule has 0 amide bonds. The average Bonchev–Trinajstić information content (AvgIpc) is 2.44. The summed E-state index contributed by atoms with van der Waals surface area (Å²) >= 11 is -2.22. The van der Waals surface area contributed by atoms with Gasteiger partial charge in [-0.3, -0.25) is 0 Å². The molecule has 0 rings (SSSR count). The number of hydrogen-bond acceptors (Lipinski definition) is 4. The van der Waals surface area contributed by atoms with Crippen molar-refractivity contribution in [2.75, 3.05) is 14.2 Å². The first-order chi connectivity index (χ1) is 9.10. The van der Waals surface area contributed by atoms with Crippen LogP contribution in [0, 0.1) is 0 Å². The molecule has 0 heterocycles. The van der Waals surface area contributed by atoms with E-state index in [0.717, 1.165) is 34.6 Å². The zero-order valence-corrected chi connectivity index (χ0v) is 15.8. The Morgan fingerprint density at radius 1 is 1.00 bits per heavy atom. The van der Waals surface area contributed by atoms with Crippen molar-refractivity contribution in [1.29, 1.82) is 0 Å². The molecule has 0 unspecified atom stereocenters. The molecule has 0 spiro atoms. The number of rotatable bonds is 9. The fourth-order valence-electron chi connectivity index (χ4n) is 2.00. The van der Waals surface area contributed by atoms with E-state index < -0.39 is 25.7 Å². The van der Waals surface area contributed by atoms with Gasteiger partial charge in [0.05, 0.1) is 0 Å². The molecule has 0 saturated carbocycles. The molecule has 0 aliphatic rings. The van der Waals surface area contributed by atoms with E-state index in [1.807, 2.05) is 0 Å². The third-order valence-electron chi connectivity index (χ3n) is 3.15. The topological polar surface area (TPSA) is 52.6 Å². The van der Waals surface area contributed by atoms with Gasteiger partial charge in [-0.05, 0) is 0 Å². The summed E-state index contributed by atoms with van der Waals surface area (Å²) in [4.78, 5) is 23.3. The summed E-state index contributed by atoms with van der Waals surface area (Å²) in [5, 5.41) is 0. The van der Waals surface area contributed by atoms with Crippen LogP contribution in [0.15, 0.2) is 9.67 Å². The first-order valence-electron chi connectivity index (χ1n) is 6.98. The first kappa shape index (κ1) is 18.5. The minimum absolute atomic E-state index is 0.335. The van der Waals surface area contributed by atoms with E-state index in [4.69, 9.17) is 4.74 Å². The Hall–Kier alpha value is -0.521. The van der Waals surface area contributed by atoms with E-state index in [1.165, 1.54) is 20.3 Å². The summed E-state index contributed by atoms with van der Waals surface area (Å²) in [6.45, 7) is 4.29. The van der Waals surface area contributed by atoms with Crippen LogP contribution in [0.1, 0.15) is 39.5 Å². The molecule has 0 aromatic rings. The van der Waals surface area contributed by atoms with Crippen molar-refractivity contribution in [3.63, 3.8) is 0 Å². The van der Waals surface area contributed by atoms with Gasteiger partial charge in [0.1, 0.15) is 0 Å². The van der Waals surface area contributed by atoms with E-state index in [0.29, 0.717) is 3.59 Å². The molecule has 0 bridgehead atoms. The van der Waals surface area contributed by atoms with E-state index in [-0.39, 0.29) is 5.97 Å². The van der Waals surface area contributed by atoms with Gasteiger partial charge in [-0.25, -0.2) is 0 Å². The van der Waals surface area contributed by atoms with Crippen molar-refractivity contribution >= 4 is 31.7 Å². The van der Waals surface area contributed by atoms with Crippen LogP contribution in [-0.4, -0.2) is 45.9 Å². The Kier molecular flexibility index (Phi) is 11.0. The van der Waals surface area contributed by atoms with Crippen LogP contribution in [0.3, 0.4) is 0 Å². The molecule has 5 heteroatoms. The maximum absolute atomic E-state index is 11.9. The van der Waals surface area contributed by atoms with Gasteiger partial charge in [0.25, 0.3) is 0 Å². The molecule has 0 saturated heterocycles. The van der Waals surface area contributed by atoms with Gasteiger partial charge in [0, 0.05) is 0 Å². The first-order valence-corrected chi connectivity index (χ1v) is 13.3. The minimum atomic E-state index is -2.22. The number of carbonyl (C=O) groups is 2. The van der Waals surface area contributed by atoms with Crippen molar-refractivity contribution in [1.82, 2.24) is 0 Å². The molecule has 0 aliphatic heterocycles. The molecule has 4 nitrogen and oxygen atoms in total. The molecule has 0 N–H and O–H groups in total. The molecule has 0 aromatic heterocycles. The third kappa shape index (κ3) is 7.60. The molecule has 0 radical (unpaired) electrons. The maximum atomic E-state index is 11.9. The number of unbranched alkanes of at least 4 members (excludes halogenated alkanes) is 2. The van der Waals surface area contributed by atoms with Crippen molar-refractivity contribution in [3.8, 4) is 0 Å². The Morgan fingerprint density at radius 3 is 1.89 bits per heavy atom. The molecular weight excluding hydrogens is 351 g/mol. The predicted octanol–water partition coefficient (Wildman–Crippen LogP) is 2.63. The van der Waals surface area contributed by atoms with Crippen LogP contribution in [0.4, 0.5) is 0 Å². The fourth-order valence-corrected chi connectivity index (χ4v) is 12.1. The van der Waals surface area contributed by atoms with Crippen molar-refractivity contribution in [2.24, 2.45) is 0 Å². The van der Waals surface area contributed by atoms with Gasteiger partial charge in [0.2, 0.25) is 0 Å². The predicted molar refractivity (Wildman–Crippen MR) is 78.7 cm³/mol. The molecule has 0 aliphatic carbocycles. The summed E-state index contributed by atoms with van der Waals surface area (Å²) in [5.41, 5.74) is 0. The number of esters is 2. The second kappa shape index (κ2) is 11.3. The van der Waals surface area contributed by atoms with E-state index in [9.17, 15) is 9.59 Å². The molecule has 0 fully saturated rings. The van der Waals surface area contributed by atoms with Crippen molar-refractivity contribution < 1.29 is 19.1 Å². The Balaban J connectivity index is 5.04. The fraction of sp³-hybridized carbons (Fsp3) is 0.714. The number of ether oxygens (including phenoxy) is 2. The van der Waals surface area contributed by atoms with Crippen LogP contribution < -0.4 is 0 Å². The van der Waals surface area contributed by atoms with Gasteiger partial charge < -0.3 is 0 Å². The average molecular weight is 377 g/mol. The number of carbonyl (C=O) groups excluding carboxylic acids is 2. The molecule has 110 valence electrons. The zero-order valence-electron chi connectivity index (χ0n) is 12.5. The standard InChI is InChI=1S/C6H7O4.2C4H9.Sn.H/c1-9-5(7)3-4-6(8)10-2;2*1-3-4-2;;/h3H,1-2H3;2*1,3-4H2,2H3;;. The summed E-state index contributed by atoms with van der Waals surface area (Å²) in [6.07, 6.45) is 5.86. The molecule has 19 heavy (non-hydrogen) atoms. The van der Waals surface area contributed by atoms with Crippen LogP contribution >= 0.6 is 0 Å². The van der Waals surface area contributed by atoms with E-state index >= 15 is 0 Å². The Labute approximate surface area is 123 Å². The van der Waals surface area contributed by atoms with Crippen LogP contribution in [0.25, 0.3) is 0 Å². The Morgan fingerprint density at radius 2 is 1.53 bits per heavy atom. The van der Waals surface area contributed by atoms with Gasteiger partial charge in [0.15, 0.2) is 0 Å².